The van der Waals surface area contributed by atoms with E-state index in [4.69, 9.17) is 4.52 Å². The molecule has 0 N–H and O–H groups in total. The fraction of sp³-hybridized carbons (Fsp3) is 0.625. The molecule has 3 nitrogen and oxygen atoms in total. The molecule has 0 unspecified atom stereocenters. The number of hydrogen-bond donors (Lipinski definition) is 0. The monoisotopic (exact) mass is 154 g/mol. The van der Waals surface area contributed by atoms with Crippen molar-refractivity contribution in [3.8, 4) is 0 Å². The van der Waals surface area contributed by atoms with Crippen molar-refractivity contribution in [2.24, 2.45) is 0 Å². The molecule has 1 aromatic rings. The van der Waals surface area contributed by atoms with Gasteiger partial charge in [0.15, 0.2) is 0 Å². The molecule has 11 heavy (non-hydrogen) atoms. The second kappa shape index (κ2) is 4.01. The lowest BCUT2D eigenvalue weighted by molar-refractivity contribution is 0.420. The van der Waals surface area contributed by atoms with Gasteiger partial charge in [-0.05, 0) is 6.42 Å². The van der Waals surface area contributed by atoms with Gasteiger partial charge >= 0.3 is 0 Å². The summed E-state index contributed by atoms with van der Waals surface area (Å²) >= 11 is 0. The Bertz CT molecular complexity index is 184. The SMILES string of the molecule is CCCCN(C)c1cnoc1. The van der Waals surface area contributed by atoms with Crippen molar-refractivity contribution in [2.45, 2.75) is 19.8 Å². The second-order valence-electron chi connectivity index (χ2n) is 2.66. The zero-order valence-corrected chi connectivity index (χ0v) is 7.08. The molecular weight excluding hydrogens is 140 g/mol. The van der Waals surface area contributed by atoms with Gasteiger partial charge in [0, 0.05) is 13.6 Å². The minimum atomic E-state index is 1.05. The summed E-state index contributed by atoms with van der Waals surface area (Å²) in [6.07, 6.45) is 5.82. The topological polar surface area (TPSA) is 29.3 Å². The van der Waals surface area contributed by atoms with Crippen LogP contribution in [0.25, 0.3) is 0 Å². The molecule has 0 fully saturated rings. The molecule has 0 amide bonds. The highest BCUT2D eigenvalue weighted by Crippen LogP contribution is 2.10. The summed E-state index contributed by atoms with van der Waals surface area (Å²) in [6.45, 7) is 3.25. The lowest BCUT2D eigenvalue weighted by atomic mass is 10.3. The molecule has 0 spiro atoms. The number of nitrogens with zero attached hydrogens (tertiary/aromatic N) is 2. The molecule has 1 aromatic heterocycles. The summed E-state index contributed by atoms with van der Waals surface area (Å²) in [5.41, 5.74) is 1.05. The molecule has 0 aliphatic heterocycles. The fourth-order valence-electron chi connectivity index (χ4n) is 0.912. The van der Waals surface area contributed by atoms with Gasteiger partial charge in [-0.1, -0.05) is 18.5 Å². The van der Waals surface area contributed by atoms with Gasteiger partial charge < -0.3 is 9.42 Å². The van der Waals surface area contributed by atoms with Crippen LogP contribution in [-0.4, -0.2) is 18.7 Å². The van der Waals surface area contributed by atoms with Crippen LogP contribution in [-0.2, 0) is 0 Å². The van der Waals surface area contributed by atoms with Crippen LogP contribution < -0.4 is 4.90 Å². The molecule has 1 rings (SSSR count). The third kappa shape index (κ3) is 2.26. The Balaban J connectivity index is 2.36. The maximum atomic E-state index is 4.72. The van der Waals surface area contributed by atoms with Crippen LogP contribution in [0.1, 0.15) is 19.8 Å². The van der Waals surface area contributed by atoms with Gasteiger partial charge in [0.05, 0.1) is 11.9 Å². The fourth-order valence-corrected chi connectivity index (χ4v) is 0.912. The highest BCUT2D eigenvalue weighted by Gasteiger charge is 2.00. The maximum absolute atomic E-state index is 4.72. The number of anilines is 1. The van der Waals surface area contributed by atoms with Gasteiger partial charge in [0.25, 0.3) is 0 Å². The number of hydrogen-bond acceptors (Lipinski definition) is 3. The van der Waals surface area contributed by atoms with E-state index in [1.807, 2.05) is 7.05 Å². The lowest BCUT2D eigenvalue weighted by Crippen LogP contribution is -2.17. The Morgan fingerprint density at radius 3 is 3.00 bits per heavy atom. The van der Waals surface area contributed by atoms with E-state index >= 15 is 0 Å². The van der Waals surface area contributed by atoms with E-state index in [9.17, 15) is 0 Å². The summed E-state index contributed by atoms with van der Waals surface area (Å²) in [6, 6.07) is 0. The van der Waals surface area contributed by atoms with E-state index in [-0.39, 0.29) is 0 Å². The molecule has 3 heteroatoms. The maximum Gasteiger partial charge on any atom is 0.147 e. The molecule has 0 aliphatic carbocycles. The van der Waals surface area contributed by atoms with E-state index in [1.54, 1.807) is 12.5 Å². The van der Waals surface area contributed by atoms with Crippen LogP contribution in [0.2, 0.25) is 0 Å². The van der Waals surface area contributed by atoms with Crippen LogP contribution in [0.4, 0.5) is 5.69 Å². The molecule has 0 aliphatic rings. The lowest BCUT2D eigenvalue weighted by Gasteiger charge is -2.14. The number of unbranched alkanes of at least 4 members (excludes halogenated alkanes) is 1. The van der Waals surface area contributed by atoms with Gasteiger partial charge in [0.1, 0.15) is 6.26 Å². The number of aromatic nitrogens is 1. The summed E-state index contributed by atoms with van der Waals surface area (Å²) in [5.74, 6) is 0. The van der Waals surface area contributed by atoms with Crippen LogP contribution in [0, 0.1) is 0 Å². The van der Waals surface area contributed by atoms with Crippen molar-refractivity contribution < 1.29 is 4.52 Å². The van der Waals surface area contributed by atoms with Gasteiger partial charge in [-0.15, -0.1) is 0 Å². The normalized spacial score (nSPS) is 10.0. The second-order valence-corrected chi connectivity index (χ2v) is 2.66. The highest BCUT2D eigenvalue weighted by atomic mass is 16.5. The van der Waals surface area contributed by atoms with Crippen molar-refractivity contribution in [1.82, 2.24) is 5.16 Å². The molecule has 1 heterocycles. The minimum Gasteiger partial charge on any atom is -0.371 e. The molecular formula is C8H14N2O. The largest absolute Gasteiger partial charge is 0.371 e. The third-order valence-electron chi connectivity index (χ3n) is 1.71. The van der Waals surface area contributed by atoms with Crippen molar-refractivity contribution in [3.05, 3.63) is 12.5 Å². The van der Waals surface area contributed by atoms with Crippen molar-refractivity contribution >= 4 is 5.69 Å². The Hall–Kier alpha value is -0.990. The van der Waals surface area contributed by atoms with E-state index in [0.717, 1.165) is 12.2 Å². The average Bonchev–Trinajstić information content (AvgIpc) is 2.52. The molecule has 0 bridgehead atoms. The predicted molar refractivity (Wildman–Crippen MR) is 44.7 cm³/mol. The predicted octanol–water partition coefficient (Wildman–Crippen LogP) is 1.91. The van der Waals surface area contributed by atoms with Crippen LogP contribution in [0.15, 0.2) is 17.0 Å². The van der Waals surface area contributed by atoms with E-state index in [1.165, 1.54) is 12.8 Å². The minimum absolute atomic E-state index is 1.05. The third-order valence-corrected chi connectivity index (χ3v) is 1.71. The van der Waals surface area contributed by atoms with Crippen LogP contribution in [0.5, 0.6) is 0 Å². The first-order valence-corrected chi connectivity index (χ1v) is 3.95. The first-order valence-electron chi connectivity index (χ1n) is 3.95. The average molecular weight is 154 g/mol. The Morgan fingerprint density at radius 2 is 2.45 bits per heavy atom. The van der Waals surface area contributed by atoms with E-state index in [0.29, 0.717) is 0 Å². The standard InChI is InChI=1S/C8H14N2O/c1-3-4-5-10(2)8-6-9-11-7-8/h6-7H,3-5H2,1-2H3. The van der Waals surface area contributed by atoms with Gasteiger partial charge in [-0.2, -0.15) is 0 Å². The highest BCUT2D eigenvalue weighted by molar-refractivity contribution is 5.39. The first kappa shape index (κ1) is 8.11. The van der Waals surface area contributed by atoms with Crippen LogP contribution in [0.3, 0.4) is 0 Å². The van der Waals surface area contributed by atoms with Crippen molar-refractivity contribution in [2.75, 3.05) is 18.5 Å². The molecule has 62 valence electrons. The van der Waals surface area contributed by atoms with Crippen molar-refractivity contribution in [1.29, 1.82) is 0 Å². The van der Waals surface area contributed by atoms with Gasteiger partial charge in [-0.25, -0.2) is 0 Å². The molecule has 0 radical (unpaired) electrons. The molecule has 0 atom stereocenters. The van der Waals surface area contributed by atoms with Gasteiger partial charge in [-0.3, -0.25) is 0 Å². The summed E-state index contributed by atoms with van der Waals surface area (Å²) in [4.78, 5) is 2.14. The van der Waals surface area contributed by atoms with E-state index < -0.39 is 0 Å². The summed E-state index contributed by atoms with van der Waals surface area (Å²) < 4.78 is 4.72. The Labute approximate surface area is 67.0 Å². The zero-order valence-electron chi connectivity index (χ0n) is 7.08. The molecule has 0 aromatic carbocycles. The first-order chi connectivity index (χ1) is 5.34. The summed E-state index contributed by atoms with van der Waals surface area (Å²) in [5, 5.41) is 3.63. The zero-order chi connectivity index (χ0) is 8.10. The number of rotatable bonds is 4. The summed E-state index contributed by atoms with van der Waals surface area (Å²) in [7, 11) is 2.04. The molecule has 0 saturated heterocycles. The van der Waals surface area contributed by atoms with E-state index in [2.05, 4.69) is 17.0 Å². The van der Waals surface area contributed by atoms with Crippen molar-refractivity contribution in [3.63, 3.8) is 0 Å². The Morgan fingerprint density at radius 1 is 1.64 bits per heavy atom. The van der Waals surface area contributed by atoms with Gasteiger partial charge in [0.2, 0.25) is 0 Å². The van der Waals surface area contributed by atoms with Crippen LogP contribution >= 0.6 is 0 Å². The quantitative estimate of drug-likeness (QED) is 0.663. The smallest absolute Gasteiger partial charge is 0.147 e. The molecule has 0 saturated carbocycles. The Kier molecular flexibility index (Phi) is 2.95.